The Hall–Kier alpha value is -1.04. The van der Waals surface area contributed by atoms with E-state index in [0.717, 1.165) is 6.07 Å². The van der Waals surface area contributed by atoms with Crippen molar-refractivity contribution in [3.63, 3.8) is 0 Å². The van der Waals surface area contributed by atoms with Crippen molar-refractivity contribution in [1.29, 1.82) is 0 Å². The zero-order valence-corrected chi connectivity index (χ0v) is 8.88. The lowest BCUT2D eigenvalue weighted by molar-refractivity contribution is 0.0937. The first-order valence-corrected chi connectivity index (χ1v) is 5.07. The molecular weight excluding hydrogens is 216 g/mol. The highest BCUT2D eigenvalue weighted by Gasteiger charge is 2.02. The first kappa shape index (κ1) is 13.0. The number of halogens is 2. The van der Waals surface area contributed by atoms with Crippen LogP contribution in [0.15, 0.2) is 18.2 Å². The number of hydrogen-bond donors (Lipinski definition) is 2. The van der Waals surface area contributed by atoms with E-state index in [2.05, 4.69) is 5.32 Å². The van der Waals surface area contributed by atoms with Crippen molar-refractivity contribution in [3.8, 4) is 0 Å². The van der Waals surface area contributed by atoms with Gasteiger partial charge in [-0.3, -0.25) is 0 Å². The molecule has 0 saturated carbocycles. The van der Waals surface area contributed by atoms with Gasteiger partial charge in [0.25, 0.3) is 0 Å². The number of aliphatic hydroxyl groups excluding tert-OH is 1. The van der Waals surface area contributed by atoms with Crippen LogP contribution in [0.5, 0.6) is 0 Å². The summed E-state index contributed by atoms with van der Waals surface area (Å²) in [4.78, 5) is 0. The first-order chi connectivity index (χ1) is 7.74. The number of hydrogen-bond acceptors (Lipinski definition) is 3. The average molecular weight is 231 g/mol. The number of rotatable bonds is 7. The van der Waals surface area contributed by atoms with Crippen LogP contribution in [0.2, 0.25) is 0 Å². The molecule has 0 heterocycles. The molecule has 0 spiro atoms. The Balaban J connectivity index is 2.21. The van der Waals surface area contributed by atoms with Gasteiger partial charge in [-0.2, -0.15) is 0 Å². The van der Waals surface area contributed by atoms with Crippen LogP contribution >= 0.6 is 0 Å². The molecule has 0 fully saturated rings. The molecule has 0 aliphatic rings. The molecule has 0 atom stereocenters. The van der Waals surface area contributed by atoms with Crippen molar-refractivity contribution >= 4 is 0 Å². The van der Waals surface area contributed by atoms with Crippen LogP contribution in [0.1, 0.15) is 5.56 Å². The average Bonchev–Trinajstić information content (AvgIpc) is 2.26. The summed E-state index contributed by atoms with van der Waals surface area (Å²) in [6, 6.07) is 3.49. The summed E-state index contributed by atoms with van der Waals surface area (Å²) in [7, 11) is 0. The highest BCUT2D eigenvalue weighted by molar-refractivity contribution is 5.18. The quantitative estimate of drug-likeness (QED) is 0.689. The molecule has 0 aliphatic carbocycles. The molecule has 0 amide bonds. The summed E-state index contributed by atoms with van der Waals surface area (Å²) in [6.45, 7) is 1.62. The third-order valence-corrected chi connectivity index (χ3v) is 1.99. The van der Waals surface area contributed by atoms with E-state index in [1.54, 1.807) is 0 Å². The Morgan fingerprint density at radius 1 is 1.25 bits per heavy atom. The topological polar surface area (TPSA) is 41.5 Å². The predicted molar refractivity (Wildman–Crippen MR) is 56.0 cm³/mol. The summed E-state index contributed by atoms with van der Waals surface area (Å²) in [5, 5.41) is 11.4. The summed E-state index contributed by atoms with van der Waals surface area (Å²) in [5.74, 6) is -1.13. The van der Waals surface area contributed by atoms with Gasteiger partial charge in [0.05, 0.1) is 19.8 Å². The smallest absolute Gasteiger partial charge is 0.130 e. The molecule has 0 saturated heterocycles. The molecule has 0 radical (unpaired) electrons. The molecule has 0 unspecified atom stereocenters. The summed E-state index contributed by atoms with van der Waals surface area (Å²) < 4.78 is 30.7. The van der Waals surface area contributed by atoms with Gasteiger partial charge in [-0.25, -0.2) is 8.78 Å². The van der Waals surface area contributed by atoms with Gasteiger partial charge in [-0.1, -0.05) is 6.07 Å². The molecule has 1 rings (SSSR count). The van der Waals surface area contributed by atoms with Gasteiger partial charge in [0.1, 0.15) is 11.6 Å². The van der Waals surface area contributed by atoms with Crippen LogP contribution in [0.4, 0.5) is 8.78 Å². The SMILES string of the molecule is OCCOCCNCc1ccc(F)cc1F. The first-order valence-electron chi connectivity index (χ1n) is 5.07. The van der Waals surface area contributed by atoms with Crippen LogP contribution in [-0.4, -0.2) is 31.5 Å². The molecule has 2 N–H and O–H groups in total. The van der Waals surface area contributed by atoms with E-state index in [9.17, 15) is 8.78 Å². The summed E-state index contributed by atoms with van der Waals surface area (Å²) >= 11 is 0. The fourth-order valence-electron chi connectivity index (χ4n) is 1.20. The lowest BCUT2D eigenvalue weighted by Gasteiger charge is -2.06. The Kier molecular flexibility index (Phi) is 5.92. The van der Waals surface area contributed by atoms with Gasteiger partial charge < -0.3 is 15.2 Å². The molecule has 0 aromatic heterocycles. The van der Waals surface area contributed by atoms with E-state index in [-0.39, 0.29) is 6.61 Å². The van der Waals surface area contributed by atoms with E-state index < -0.39 is 11.6 Å². The lowest BCUT2D eigenvalue weighted by atomic mass is 10.2. The number of nitrogens with one attached hydrogen (secondary N) is 1. The summed E-state index contributed by atoms with van der Waals surface area (Å²) in [6.07, 6.45) is 0. The molecule has 0 aliphatic heterocycles. The Morgan fingerprint density at radius 3 is 2.75 bits per heavy atom. The molecule has 1 aromatic rings. The zero-order valence-electron chi connectivity index (χ0n) is 8.88. The van der Waals surface area contributed by atoms with Crippen molar-refractivity contribution in [2.45, 2.75) is 6.54 Å². The zero-order chi connectivity index (χ0) is 11.8. The molecule has 1 aromatic carbocycles. The van der Waals surface area contributed by atoms with E-state index in [4.69, 9.17) is 9.84 Å². The largest absolute Gasteiger partial charge is 0.394 e. The van der Waals surface area contributed by atoms with Crippen LogP contribution in [0.3, 0.4) is 0 Å². The van der Waals surface area contributed by atoms with Gasteiger partial charge in [-0.15, -0.1) is 0 Å². The van der Waals surface area contributed by atoms with Gasteiger partial charge in [0, 0.05) is 24.7 Å². The minimum atomic E-state index is -0.576. The van der Waals surface area contributed by atoms with E-state index in [1.165, 1.54) is 12.1 Å². The van der Waals surface area contributed by atoms with Crippen LogP contribution in [0.25, 0.3) is 0 Å². The molecule has 3 nitrogen and oxygen atoms in total. The maximum atomic E-state index is 13.1. The third-order valence-electron chi connectivity index (χ3n) is 1.99. The second kappa shape index (κ2) is 7.27. The van der Waals surface area contributed by atoms with Gasteiger partial charge in [-0.05, 0) is 6.07 Å². The lowest BCUT2D eigenvalue weighted by Crippen LogP contribution is -2.20. The van der Waals surface area contributed by atoms with Crippen LogP contribution < -0.4 is 5.32 Å². The fraction of sp³-hybridized carbons (Fsp3) is 0.455. The fourth-order valence-corrected chi connectivity index (χ4v) is 1.20. The highest BCUT2D eigenvalue weighted by Crippen LogP contribution is 2.08. The molecule has 0 bridgehead atoms. The van der Waals surface area contributed by atoms with Crippen LogP contribution in [0, 0.1) is 11.6 Å². The van der Waals surface area contributed by atoms with E-state index >= 15 is 0 Å². The predicted octanol–water partition coefficient (Wildman–Crippen LogP) is 1.06. The second-order valence-electron chi connectivity index (χ2n) is 3.25. The number of benzene rings is 1. The summed E-state index contributed by atoms with van der Waals surface area (Å²) in [5.41, 5.74) is 0.420. The van der Waals surface area contributed by atoms with E-state index in [1.807, 2.05) is 0 Å². The third kappa shape index (κ3) is 4.65. The van der Waals surface area contributed by atoms with Crippen LogP contribution in [-0.2, 0) is 11.3 Å². The van der Waals surface area contributed by atoms with Crippen molar-refractivity contribution in [1.82, 2.24) is 5.32 Å². The Bertz CT molecular complexity index is 321. The maximum Gasteiger partial charge on any atom is 0.130 e. The van der Waals surface area contributed by atoms with Crippen molar-refractivity contribution in [2.75, 3.05) is 26.4 Å². The van der Waals surface area contributed by atoms with Crippen molar-refractivity contribution in [3.05, 3.63) is 35.4 Å². The molecule has 5 heteroatoms. The monoisotopic (exact) mass is 231 g/mol. The minimum Gasteiger partial charge on any atom is -0.394 e. The standard InChI is InChI=1S/C11H15F2NO2/c12-10-2-1-9(11(13)7-10)8-14-3-5-16-6-4-15/h1-2,7,14-15H,3-6,8H2. The molecule has 90 valence electrons. The molecular formula is C11H15F2NO2. The Morgan fingerprint density at radius 2 is 2.06 bits per heavy atom. The van der Waals surface area contributed by atoms with Crippen molar-refractivity contribution in [2.24, 2.45) is 0 Å². The second-order valence-corrected chi connectivity index (χ2v) is 3.25. The van der Waals surface area contributed by atoms with E-state index in [0.29, 0.717) is 31.9 Å². The molecule has 16 heavy (non-hydrogen) atoms. The maximum absolute atomic E-state index is 13.1. The van der Waals surface area contributed by atoms with Crippen molar-refractivity contribution < 1.29 is 18.6 Å². The highest BCUT2D eigenvalue weighted by atomic mass is 19.1. The number of aliphatic hydroxyl groups is 1. The van der Waals surface area contributed by atoms with Gasteiger partial charge in [0.2, 0.25) is 0 Å². The van der Waals surface area contributed by atoms with Gasteiger partial charge >= 0.3 is 0 Å². The Labute approximate surface area is 93.0 Å². The van der Waals surface area contributed by atoms with Gasteiger partial charge in [0.15, 0.2) is 0 Å². The minimum absolute atomic E-state index is 0.00735. The normalized spacial score (nSPS) is 10.7. The number of ether oxygens (including phenoxy) is 1.